The fourth-order valence-electron chi connectivity index (χ4n) is 2.13. The Morgan fingerprint density at radius 1 is 1.31 bits per heavy atom. The molecule has 1 heterocycles. The number of fused-ring (bicyclic) bond motifs is 1. The topological polar surface area (TPSA) is 46.3 Å². The number of hydrogen-bond acceptors (Lipinski definition) is 2. The Labute approximate surface area is 96.2 Å². The van der Waals surface area contributed by atoms with Gasteiger partial charge in [0.15, 0.2) is 0 Å². The Balaban J connectivity index is 2.23. The van der Waals surface area contributed by atoms with Crippen LogP contribution in [0.3, 0.4) is 0 Å². The summed E-state index contributed by atoms with van der Waals surface area (Å²) in [7, 11) is 0. The Bertz CT molecular complexity index is 412. The lowest BCUT2D eigenvalue weighted by molar-refractivity contribution is -0.128. The summed E-state index contributed by atoms with van der Waals surface area (Å²) in [5.41, 5.74) is 7.57. The minimum atomic E-state index is -0.562. The summed E-state index contributed by atoms with van der Waals surface area (Å²) in [4.78, 5) is 13.6. The smallest absolute Gasteiger partial charge is 0.237 e. The fourth-order valence-corrected chi connectivity index (χ4v) is 2.13. The van der Waals surface area contributed by atoms with E-state index in [4.69, 9.17) is 5.73 Å². The Morgan fingerprint density at radius 3 is 2.56 bits per heavy atom. The predicted octanol–water partition coefficient (Wildman–Crippen LogP) is 1.31. The maximum Gasteiger partial charge on any atom is 0.237 e. The van der Waals surface area contributed by atoms with Gasteiger partial charge in [0.2, 0.25) is 5.91 Å². The molecule has 0 bridgehead atoms. The van der Waals surface area contributed by atoms with E-state index in [1.54, 1.807) is 0 Å². The molecular weight excluding hydrogens is 200 g/mol. The van der Waals surface area contributed by atoms with Crippen LogP contribution in [-0.2, 0) is 17.8 Å². The SMILES string of the molecule is CC(C)(C(N)=O)N1CCc2ccccc2C1. The van der Waals surface area contributed by atoms with Crippen LogP contribution in [0.25, 0.3) is 0 Å². The third kappa shape index (κ3) is 1.83. The summed E-state index contributed by atoms with van der Waals surface area (Å²) < 4.78 is 0. The summed E-state index contributed by atoms with van der Waals surface area (Å²) in [6, 6.07) is 8.38. The molecule has 0 unspecified atom stereocenters. The van der Waals surface area contributed by atoms with Gasteiger partial charge in [-0.25, -0.2) is 0 Å². The highest BCUT2D eigenvalue weighted by Gasteiger charge is 2.34. The number of carbonyl (C=O) groups is 1. The molecule has 1 aromatic carbocycles. The number of nitrogens with two attached hydrogens (primary N) is 1. The number of hydrogen-bond donors (Lipinski definition) is 1. The normalized spacial score (nSPS) is 16.9. The molecule has 0 radical (unpaired) electrons. The number of amides is 1. The zero-order valence-corrected chi connectivity index (χ0v) is 9.86. The monoisotopic (exact) mass is 218 g/mol. The summed E-state index contributed by atoms with van der Waals surface area (Å²) >= 11 is 0. The van der Waals surface area contributed by atoms with Crippen molar-refractivity contribution in [2.24, 2.45) is 5.73 Å². The minimum Gasteiger partial charge on any atom is -0.368 e. The van der Waals surface area contributed by atoms with Gasteiger partial charge in [-0.15, -0.1) is 0 Å². The molecule has 0 saturated carbocycles. The van der Waals surface area contributed by atoms with Gasteiger partial charge in [0.25, 0.3) is 0 Å². The second-order valence-electron chi connectivity index (χ2n) is 4.86. The Hall–Kier alpha value is -1.35. The molecule has 16 heavy (non-hydrogen) atoms. The average molecular weight is 218 g/mol. The highest BCUT2D eigenvalue weighted by molar-refractivity contribution is 5.83. The molecule has 1 aromatic rings. The standard InChI is InChI=1S/C13H18N2O/c1-13(2,12(14)16)15-8-7-10-5-3-4-6-11(10)9-15/h3-6H,7-9H2,1-2H3,(H2,14,16). The van der Waals surface area contributed by atoms with Crippen LogP contribution in [0.15, 0.2) is 24.3 Å². The molecule has 0 aromatic heterocycles. The second kappa shape index (κ2) is 3.91. The van der Waals surface area contributed by atoms with Crippen molar-refractivity contribution in [2.45, 2.75) is 32.4 Å². The molecular formula is C13H18N2O. The Kier molecular flexibility index (Phi) is 2.72. The average Bonchev–Trinajstić information content (AvgIpc) is 2.28. The molecule has 3 heteroatoms. The van der Waals surface area contributed by atoms with E-state index >= 15 is 0 Å². The molecule has 0 atom stereocenters. The van der Waals surface area contributed by atoms with Gasteiger partial charge in [0.1, 0.15) is 0 Å². The van der Waals surface area contributed by atoms with Gasteiger partial charge in [0.05, 0.1) is 5.54 Å². The summed E-state index contributed by atoms with van der Waals surface area (Å²) in [5.74, 6) is -0.258. The summed E-state index contributed by atoms with van der Waals surface area (Å²) in [6.07, 6.45) is 0.993. The van der Waals surface area contributed by atoms with E-state index in [0.29, 0.717) is 0 Å². The van der Waals surface area contributed by atoms with E-state index < -0.39 is 5.54 Å². The number of primary amides is 1. The molecule has 3 nitrogen and oxygen atoms in total. The number of benzene rings is 1. The fraction of sp³-hybridized carbons (Fsp3) is 0.462. The zero-order chi connectivity index (χ0) is 11.8. The van der Waals surface area contributed by atoms with Crippen LogP contribution in [0.4, 0.5) is 0 Å². The number of nitrogens with zero attached hydrogens (tertiary/aromatic N) is 1. The van der Waals surface area contributed by atoms with Gasteiger partial charge in [0, 0.05) is 13.1 Å². The number of rotatable bonds is 2. The molecule has 1 aliphatic heterocycles. The molecule has 1 amide bonds. The van der Waals surface area contributed by atoms with Crippen LogP contribution in [0.2, 0.25) is 0 Å². The van der Waals surface area contributed by atoms with Gasteiger partial charge in [-0.1, -0.05) is 24.3 Å². The van der Waals surface area contributed by atoms with Gasteiger partial charge < -0.3 is 5.73 Å². The lowest BCUT2D eigenvalue weighted by Crippen LogP contribution is -2.54. The molecule has 0 spiro atoms. The molecule has 1 aliphatic rings. The molecule has 2 N–H and O–H groups in total. The first-order valence-electron chi connectivity index (χ1n) is 5.63. The zero-order valence-electron chi connectivity index (χ0n) is 9.86. The molecule has 2 rings (SSSR count). The van der Waals surface area contributed by atoms with E-state index in [1.165, 1.54) is 11.1 Å². The Morgan fingerprint density at radius 2 is 1.94 bits per heavy atom. The maximum atomic E-state index is 11.4. The van der Waals surface area contributed by atoms with Gasteiger partial charge in [-0.05, 0) is 31.4 Å². The van der Waals surface area contributed by atoms with Crippen molar-refractivity contribution in [2.75, 3.05) is 6.54 Å². The van der Waals surface area contributed by atoms with Crippen molar-refractivity contribution < 1.29 is 4.79 Å². The lowest BCUT2D eigenvalue weighted by Gasteiger charge is -2.39. The van der Waals surface area contributed by atoms with E-state index in [1.807, 2.05) is 19.9 Å². The van der Waals surface area contributed by atoms with Crippen molar-refractivity contribution in [3.05, 3.63) is 35.4 Å². The van der Waals surface area contributed by atoms with E-state index in [9.17, 15) is 4.79 Å². The first-order valence-corrected chi connectivity index (χ1v) is 5.63. The van der Waals surface area contributed by atoms with Crippen molar-refractivity contribution in [1.29, 1.82) is 0 Å². The van der Waals surface area contributed by atoms with Crippen molar-refractivity contribution in [1.82, 2.24) is 4.90 Å². The summed E-state index contributed by atoms with van der Waals surface area (Å²) in [5, 5.41) is 0. The van der Waals surface area contributed by atoms with Crippen LogP contribution >= 0.6 is 0 Å². The van der Waals surface area contributed by atoms with Crippen LogP contribution in [0.5, 0.6) is 0 Å². The molecule has 86 valence electrons. The van der Waals surface area contributed by atoms with E-state index in [2.05, 4.69) is 23.1 Å². The van der Waals surface area contributed by atoms with Gasteiger partial charge in [-0.3, -0.25) is 9.69 Å². The highest BCUT2D eigenvalue weighted by Crippen LogP contribution is 2.24. The predicted molar refractivity (Wildman–Crippen MR) is 63.8 cm³/mol. The molecule has 0 aliphatic carbocycles. The quantitative estimate of drug-likeness (QED) is 0.813. The van der Waals surface area contributed by atoms with Crippen molar-refractivity contribution in [3.63, 3.8) is 0 Å². The minimum absolute atomic E-state index is 0.258. The van der Waals surface area contributed by atoms with Crippen LogP contribution in [-0.4, -0.2) is 22.9 Å². The van der Waals surface area contributed by atoms with Gasteiger partial charge >= 0.3 is 0 Å². The third-order valence-corrected chi connectivity index (χ3v) is 3.52. The van der Waals surface area contributed by atoms with Crippen LogP contribution in [0, 0.1) is 0 Å². The van der Waals surface area contributed by atoms with E-state index in [0.717, 1.165) is 19.5 Å². The van der Waals surface area contributed by atoms with E-state index in [-0.39, 0.29) is 5.91 Å². The first kappa shape index (κ1) is 11.1. The molecule has 0 saturated heterocycles. The van der Waals surface area contributed by atoms with Gasteiger partial charge in [-0.2, -0.15) is 0 Å². The highest BCUT2D eigenvalue weighted by atomic mass is 16.1. The first-order chi connectivity index (χ1) is 7.51. The maximum absolute atomic E-state index is 11.4. The molecule has 0 fully saturated rings. The van der Waals surface area contributed by atoms with Crippen LogP contribution < -0.4 is 5.73 Å². The lowest BCUT2D eigenvalue weighted by atomic mass is 9.94. The van der Waals surface area contributed by atoms with Crippen LogP contribution in [0.1, 0.15) is 25.0 Å². The second-order valence-corrected chi connectivity index (χ2v) is 4.86. The van der Waals surface area contributed by atoms with Crippen molar-refractivity contribution in [3.8, 4) is 0 Å². The van der Waals surface area contributed by atoms with Crippen molar-refractivity contribution >= 4 is 5.91 Å². The number of carbonyl (C=O) groups excluding carboxylic acids is 1. The largest absolute Gasteiger partial charge is 0.368 e. The summed E-state index contributed by atoms with van der Waals surface area (Å²) in [6.45, 7) is 5.49. The third-order valence-electron chi connectivity index (χ3n) is 3.52.